The molecule has 1 aromatic rings. The van der Waals surface area contributed by atoms with Crippen molar-refractivity contribution in [2.75, 3.05) is 14.2 Å². The van der Waals surface area contributed by atoms with Crippen LogP contribution in [0.25, 0.3) is 0 Å². The van der Waals surface area contributed by atoms with E-state index in [2.05, 4.69) is 0 Å². The minimum absolute atomic E-state index is 0.388. The number of rotatable bonds is 3. The molecule has 1 aromatic carbocycles. The predicted octanol–water partition coefficient (Wildman–Crippen LogP) is 2.14. The summed E-state index contributed by atoms with van der Waals surface area (Å²) in [5.41, 5.74) is 2.52. The van der Waals surface area contributed by atoms with Crippen molar-refractivity contribution in [1.82, 2.24) is 0 Å². The van der Waals surface area contributed by atoms with Crippen molar-refractivity contribution in [2.45, 2.75) is 19.3 Å². The predicted molar refractivity (Wildman–Crippen MR) is 65.9 cm³/mol. The number of carbonyl (C=O) groups is 1. The van der Waals surface area contributed by atoms with Gasteiger partial charge in [-0.2, -0.15) is 0 Å². The largest absolute Gasteiger partial charge is 0.466 e. The highest BCUT2D eigenvalue weighted by atomic mass is 16.7. The average molecular weight is 248 g/mol. The molecular formula is C14H16O4. The highest BCUT2D eigenvalue weighted by Crippen LogP contribution is 2.34. The molecule has 0 saturated carbocycles. The number of methoxy groups -OCH3 is 2. The lowest BCUT2D eigenvalue weighted by atomic mass is 10.0. The smallest absolute Gasteiger partial charge is 0.336 e. The third-order valence-electron chi connectivity index (χ3n) is 2.87. The highest BCUT2D eigenvalue weighted by Gasteiger charge is 2.33. The van der Waals surface area contributed by atoms with Gasteiger partial charge in [0.2, 0.25) is 0 Å². The first-order valence-electron chi connectivity index (χ1n) is 5.70. The van der Waals surface area contributed by atoms with Crippen LogP contribution in [-0.4, -0.2) is 26.5 Å². The number of aryl methyl sites for hydroxylation is 1. The first-order valence-corrected chi connectivity index (χ1v) is 5.70. The van der Waals surface area contributed by atoms with E-state index in [4.69, 9.17) is 14.2 Å². The van der Waals surface area contributed by atoms with E-state index in [9.17, 15) is 4.79 Å². The molecule has 4 heteroatoms. The van der Waals surface area contributed by atoms with Crippen LogP contribution in [0.2, 0.25) is 0 Å². The van der Waals surface area contributed by atoms with Gasteiger partial charge in [-0.05, 0) is 18.6 Å². The summed E-state index contributed by atoms with van der Waals surface area (Å²) in [6.07, 6.45) is 0.714. The summed E-state index contributed by atoms with van der Waals surface area (Å²) in [5, 5.41) is 0. The molecule has 2 unspecified atom stereocenters. The van der Waals surface area contributed by atoms with Crippen LogP contribution in [0.15, 0.2) is 35.9 Å². The maximum absolute atomic E-state index is 11.7. The van der Waals surface area contributed by atoms with Gasteiger partial charge in [-0.25, -0.2) is 4.79 Å². The number of ether oxygens (including phenoxy) is 3. The summed E-state index contributed by atoms with van der Waals surface area (Å²) in [5.74, 6) is -0.388. The Hall–Kier alpha value is -1.65. The Balaban J connectivity index is 2.32. The van der Waals surface area contributed by atoms with Crippen molar-refractivity contribution < 1.29 is 19.0 Å². The Kier molecular flexibility index (Phi) is 3.79. The first kappa shape index (κ1) is 12.8. The van der Waals surface area contributed by atoms with Crippen LogP contribution in [0.4, 0.5) is 0 Å². The van der Waals surface area contributed by atoms with Gasteiger partial charge in [-0.3, -0.25) is 0 Å². The molecule has 0 aliphatic carbocycles. The number of benzene rings is 1. The molecule has 0 amide bonds. The van der Waals surface area contributed by atoms with E-state index in [1.165, 1.54) is 14.2 Å². The molecule has 1 aliphatic heterocycles. The van der Waals surface area contributed by atoms with Crippen molar-refractivity contribution in [1.29, 1.82) is 0 Å². The molecule has 1 heterocycles. The summed E-state index contributed by atoms with van der Waals surface area (Å²) < 4.78 is 15.5. The van der Waals surface area contributed by atoms with Crippen LogP contribution in [0.1, 0.15) is 17.2 Å². The van der Waals surface area contributed by atoms with Gasteiger partial charge in [0, 0.05) is 7.11 Å². The lowest BCUT2D eigenvalue weighted by Gasteiger charge is -2.16. The molecule has 1 aliphatic rings. The molecule has 2 rings (SSSR count). The summed E-state index contributed by atoms with van der Waals surface area (Å²) in [4.78, 5) is 11.7. The van der Waals surface area contributed by atoms with Crippen LogP contribution in [-0.2, 0) is 19.0 Å². The Morgan fingerprint density at radius 3 is 2.72 bits per heavy atom. The fourth-order valence-electron chi connectivity index (χ4n) is 1.99. The normalized spacial score (nSPS) is 22.7. The Labute approximate surface area is 106 Å². The van der Waals surface area contributed by atoms with E-state index >= 15 is 0 Å². The molecule has 0 radical (unpaired) electrons. The van der Waals surface area contributed by atoms with Crippen LogP contribution < -0.4 is 0 Å². The average Bonchev–Trinajstić information content (AvgIpc) is 2.82. The summed E-state index contributed by atoms with van der Waals surface area (Å²) in [6, 6.07) is 7.84. The second-order valence-electron chi connectivity index (χ2n) is 4.15. The van der Waals surface area contributed by atoms with E-state index in [-0.39, 0.29) is 5.97 Å². The van der Waals surface area contributed by atoms with E-state index in [0.29, 0.717) is 5.57 Å². The van der Waals surface area contributed by atoms with E-state index in [1.54, 1.807) is 6.08 Å². The monoisotopic (exact) mass is 248 g/mol. The lowest BCUT2D eigenvalue weighted by molar-refractivity contribution is -0.138. The Morgan fingerprint density at radius 1 is 1.33 bits per heavy atom. The molecule has 96 valence electrons. The molecule has 0 saturated heterocycles. The van der Waals surface area contributed by atoms with Crippen molar-refractivity contribution in [2.24, 2.45) is 0 Å². The van der Waals surface area contributed by atoms with E-state index in [1.807, 2.05) is 31.2 Å². The van der Waals surface area contributed by atoms with Gasteiger partial charge >= 0.3 is 5.97 Å². The summed E-state index contributed by atoms with van der Waals surface area (Å²) >= 11 is 0. The zero-order valence-electron chi connectivity index (χ0n) is 10.7. The van der Waals surface area contributed by atoms with Gasteiger partial charge in [-0.15, -0.1) is 0 Å². The zero-order chi connectivity index (χ0) is 13.1. The molecular weight excluding hydrogens is 232 g/mol. The topological polar surface area (TPSA) is 44.8 Å². The minimum atomic E-state index is -0.510. The lowest BCUT2D eigenvalue weighted by Crippen LogP contribution is -2.13. The molecule has 2 atom stereocenters. The van der Waals surface area contributed by atoms with Crippen LogP contribution >= 0.6 is 0 Å². The van der Waals surface area contributed by atoms with Crippen molar-refractivity contribution in [3.63, 3.8) is 0 Å². The molecule has 0 N–H and O–H groups in total. The van der Waals surface area contributed by atoms with E-state index < -0.39 is 12.4 Å². The van der Waals surface area contributed by atoms with Gasteiger partial charge in [0.05, 0.1) is 12.7 Å². The molecule has 0 fully saturated rings. The number of carbonyl (C=O) groups excluding carboxylic acids is 1. The third kappa shape index (κ3) is 2.44. The second-order valence-corrected chi connectivity index (χ2v) is 4.15. The maximum Gasteiger partial charge on any atom is 0.336 e. The van der Waals surface area contributed by atoms with Gasteiger partial charge in [0.1, 0.15) is 6.10 Å². The van der Waals surface area contributed by atoms with Crippen LogP contribution in [0.3, 0.4) is 0 Å². The molecule has 0 bridgehead atoms. The number of hydrogen-bond acceptors (Lipinski definition) is 4. The summed E-state index contributed by atoms with van der Waals surface area (Å²) in [7, 11) is 2.89. The number of hydrogen-bond donors (Lipinski definition) is 0. The molecule has 18 heavy (non-hydrogen) atoms. The second kappa shape index (κ2) is 5.33. The number of esters is 1. The third-order valence-corrected chi connectivity index (χ3v) is 2.87. The fraction of sp³-hybridized carbons (Fsp3) is 0.357. The van der Waals surface area contributed by atoms with E-state index in [0.717, 1.165) is 11.1 Å². The SMILES string of the molecule is COC(=O)C1=CC(OC)OC1c1cccc(C)c1. The van der Waals surface area contributed by atoms with Crippen molar-refractivity contribution in [3.8, 4) is 0 Å². The van der Waals surface area contributed by atoms with Crippen molar-refractivity contribution in [3.05, 3.63) is 47.0 Å². The minimum Gasteiger partial charge on any atom is -0.466 e. The van der Waals surface area contributed by atoms with Crippen molar-refractivity contribution >= 4 is 5.97 Å². The van der Waals surface area contributed by atoms with Crippen LogP contribution in [0, 0.1) is 6.92 Å². The standard InChI is InChI=1S/C14H16O4/c1-9-5-4-6-10(7-9)13-11(14(15)17-3)8-12(16-2)18-13/h4-8,12-13H,1-3H3. The Bertz CT molecular complexity index is 478. The molecule has 0 spiro atoms. The van der Waals surface area contributed by atoms with Crippen LogP contribution in [0.5, 0.6) is 0 Å². The van der Waals surface area contributed by atoms with Gasteiger partial charge in [0.25, 0.3) is 0 Å². The maximum atomic E-state index is 11.7. The molecule has 0 aromatic heterocycles. The summed E-state index contributed by atoms with van der Waals surface area (Å²) in [6.45, 7) is 1.99. The first-order chi connectivity index (χ1) is 8.65. The van der Waals surface area contributed by atoms with Gasteiger partial charge < -0.3 is 14.2 Å². The highest BCUT2D eigenvalue weighted by molar-refractivity contribution is 5.90. The zero-order valence-corrected chi connectivity index (χ0v) is 10.7. The molecule has 4 nitrogen and oxygen atoms in total. The quantitative estimate of drug-likeness (QED) is 0.769. The Morgan fingerprint density at radius 2 is 2.11 bits per heavy atom. The van der Waals surface area contributed by atoms with Gasteiger partial charge in [-0.1, -0.05) is 29.8 Å². The fourth-order valence-corrected chi connectivity index (χ4v) is 1.99. The van der Waals surface area contributed by atoms with Gasteiger partial charge in [0.15, 0.2) is 6.29 Å².